The number of aryl methyl sites for hydroxylation is 1. The normalized spacial score (nSPS) is 28.9. The highest BCUT2D eigenvalue weighted by atomic mass is 16.2. The Morgan fingerprint density at radius 3 is 2.72 bits per heavy atom. The highest BCUT2D eigenvalue weighted by Gasteiger charge is 2.43. The fourth-order valence-electron chi connectivity index (χ4n) is 7.02. The topological polar surface area (TPSA) is 98.4 Å². The van der Waals surface area contributed by atoms with E-state index < -0.39 is 0 Å². The van der Waals surface area contributed by atoms with E-state index in [1.54, 1.807) is 0 Å². The molecule has 3 saturated heterocycles. The Labute approximate surface area is 232 Å². The fraction of sp³-hybridized carbons (Fsp3) is 0.677. The van der Waals surface area contributed by atoms with Gasteiger partial charge in [-0.1, -0.05) is 32.9 Å². The lowest BCUT2D eigenvalue weighted by atomic mass is 9.77. The second-order valence-electron chi connectivity index (χ2n) is 12.7. The minimum absolute atomic E-state index is 0.0985. The molecule has 8 nitrogen and oxygen atoms in total. The molecule has 0 saturated carbocycles. The molecular formula is C31H45N5O3. The molecule has 39 heavy (non-hydrogen) atoms. The Morgan fingerprint density at radius 1 is 1.10 bits per heavy atom. The summed E-state index contributed by atoms with van der Waals surface area (Å²) >= 11 is 0. The molecule has 8 heteroatoms. The Morgan fingerprint density at radius 2 is 1.92 bits per heavy atom. The number of piperidine rings is 2. The maximum Gasteiger partial charge on any atom is 0.223 e. The van der Waals surface area contributed by atoms with Gasteiger partial charge in [-0.15, -0.1) is 0 Å². The molecule has 1 aromatic heterocycles. The van der Waals surface area contributed by atoms with Crippen molar-refractivity contribution in [3.05, 3.63) is 30.1 Å². The molecule has 2 bridgehead atoms. The summed E-state index contributed by atoms with van der Waals surface area (Å²) in [6.45, 7) is 8.62. The van der Waals surface area contributed by atoms with E-state index in [1.807, 2.05) is 29.2 Å². The van der Waals surface area contributed by atoms with Gasteiger partial charge in [0, 0.05) is 57.4 Å². The Balaban J connectivity index is 1.24. The number of nitrogens with zero attached hydrogens (tertiary/aromatic N) is 3. The van der Waals surface area contributed by atoms with Crippen LogP contribution < -0.4 is 5.32 Å². The lowest BCUT2D eigenvalue weighted by molar-refractivity contribution is -0.146. The molecule has 4 heterocycles. The average Bonchev–Trinajstić information content (AvgIpc) is 3.33. The summed E-state index contributed by atoms with van der Waals surface area (Å²) in [5, 5.41) is 3.26. The summed E-state index contributed by atoms with van der Waals surface area (Å²) in [4.78, 5) is 51.8. The first kappa shape index (κ1) is 27.7. The number of hydrogen-bond acceptors (Lipinski definition) is 4. The van der Waals surface area contributed by atoms with E-state index in [1.165, 1.54) is 0 Å². The van der Waals surface area contributed by atoms with Gasteiger partial charge < -0.3 is 20.1 Å². The van der Waals surface area contributed by atoms with Gasteiger partial charge in [-0.05, 0) is 67.9 Å². The van der Waals surface area contributed by atoms with Crippen LogP contribution >= 0.6 is 0 Å². The summed E-state index contributed by atoms with van der Waals surface area (Å²) in [5.41, 5.74) is 1.93. The Hall–Kier alpha value is -2.90. The second kappa shape index (κ2) is 12.1. The number of carbonyl (C=O) groups excluding carboxylic acids is 3. The van der Waals surface area contributed by atoms with Crippen molar-refractivity contribution < 1.29 is 14.4 Å². The third kappa shape index (κ3) is 6.64. The number of aromatic nitrogens is 2. The molecule has 212 valence electrons. The van der Waals surface area contributed by atoms with Gasteiger partial charge in [0.15, 0.2) is 0 Å². The monoisotopic (exact) mass is 535 g/mol. The molecule has 0 unspecified atom stereocenters. The third-order valence-corrected chi connectivity index (χ3v) is 9.20. The number of nitrogens with one attached hydrogen (secondary N) is 2. The van der Waals surface area contributed by atoms with Crippen LogP contribution in [0.25, 0.3) is 11.0 Å². The maximum atomic E-state index is 13.6. The van der Waals surface area contributed by atoms with E-state index in [2.05, 4.69) is 41.0 Å². The SMILES string of the molecule is CC(C)[C@@H]1CC[C@@H](C)CC(=O)N2C[C@H]3C[C@H](CN(C(=O)CCc4nc5ccccc5[nH]4)C3)[C@@H]2CCCC(=O)N1. The van der Waals surface area contributed by atoms with E-state index in [9.17, 15) is 14.4 Å². The van der Waals surface area contributed by atoms with Gasteiger partial charge in [0.2, 0.25) is 17.7 Å². The molecule has 3 amide bonds. The molecular weight excluding hydrogens is 490 g/mol. The molecule has 3 aliphatic heterocycles. The van der Waals surface area contributed by atoms with Gasteiger partial charge in [0.05, 0.1) is 11.0 Å². The summed E-state index contributed by atoms with van der Waals surface area (Å²) in [6, 6.07) is 8.20. The van der Waals surface area contributed by atoms with E-state index >= 15 is 0 Å². The fourth-order valence-corrected chi connectivity index (χ4v) is 7.02. The molecule has 2 aromatic rings. The molecule has 3 aliphatic rings. The van der Waals surface area contributed by atoms with Crippen molar-refractivity contribution in [1.82, 2.24) is 25.1 Å². The summed E-state index contributed by atoms with van der Waals surface area (Å²) in [6.07, 6.45) is 6.58. The van der Waals surface area contributed by atoms with Gasteiger partial charge in [-0.2, -0.15) is 0 Å². The smallest absolute Gasteiger partial charge is 0.223 e. The average molecular weight is 536 g/mol. The highest BCUT2D eigenvalue weighted by Crippen LogP contribution is 2.37. The number of hydrogen-bond donors (Lipinski definition) is 2. The van der Waals surface area contributed by atoms with Crippen LogP contribution in [0.3, 0.4) is 0 Å². The number of likely N-dealkylation sites (tertiary alicyclic amines) is 1. The number of rotatable bonds is 4. The first-order chi connectivity index (χ1) is 18.8. The van der Waals surface area contributed by atoms with Crippen LogP contribution in [0.1, 0.15) is 78.0 Å². The number of aromatic amines is 1. The van der Waals surface area contributed by atoms with E-state index in [0.29, 0.717) is 44.1 Å². The summed E-state index contributed by atoms with van der Waals surface area (Å²) < 4.78 is 0. The van der Waals surface area contributed by atoms with Crippen LogP contribution in [-0.2, 0) is 20.8 Å². The number of benzene rings is 1. The van der Waals surface area contributed by atoms with Crippen LogP contribution in [0, 0.1) is 23.7 Å². The third-order valence-electron chi connectivity index (χ3n) is 9.20. The van der Waals surface area contributed by atoms with Crippen molar-refractivity contribution in [2.45, 2.75) is 90.6 Å². The molecule has 2 N–H and O–H groups in total. The zero-order chi connectivity index (χ0) is 27.5. The zero-order valence-electron chi connectivity index (χ0n) is 23.8. The van der Waals surface area contributed by atoms with Crippen molar-refractivity contribution in [1.29, 1.82) is 0 Å². The van der Waals surface area contributed by atoms with Gasteiger partial charge in [0.1, 0.15) is 5.82 Å². The van der Waals surface area contributed by atoms with Crippen LogP contribution in [0.2, 0.25) is 0 Å². The zero-order valence-corrected chi connectivity index (χ0v) is 23.8. The van der Waals surface area contributed by atoms with Gasteiger partial charge in [-0.3, -0.25) is 14.4 Å². The second-order valence-corrected chi connectivity index (χ2v) is 12.7. The van der Waals surface area contributed by atoms with Crippen molar-refractivity contribution >= 4 is 28.8 Å². The lowest BCUT2D eigenvalue weighted by Gasteiger charge is -2.51. The van der Waals surface area contributed by atoms with Crippen LogP contribution in [-0.4, -0.2) is 69.2 Å². The van der Waals surface area contributed by atoms with Crippen LogP contribution in [0.5, 0.6) is 0 Å². The molecule has 3 fully saturated rings. The first-order valence-corrected chi connectivity index (χ1v) is 15.1. The minimum atomic E-state index is 0.0985. The summed E-state index contributed by atoms with van der Waals surface area (Å²) in [7, 11) is 0. The number of fused-ring (bicyclic) bond motifs is 5. The quantitative estimate of drug-likeness (QED) is 0.610. The van der Waals surface area contributed by atoms with Crippen molar-refractivity contribution in [3.63, 3.8) is 0 Å². The number of imidazole rings is 1. The molecule has 0 spiro atoms. The van der Waals surface area contributed by atoms with E-state index in [4.69, 9.17) is 0 Å². The van der Waals surface area contributed by atoms with Crippen molar-refractivity contribution in [2.75, 3.05) is 19.6 Å². The highest BCUT2D eigenvalue weighted by molar-refractivity contribution is 5.79. The predicted octanol–water partition coefficient (Wildman–Crippen LogP) is 4.30. The Bertz CT molecular complexity index is 1140. The predicted molar refractivity (Wildman–Crippen MR) is 152 cm³/mol. The lowest BCUT2D eigenvalue weighted by Crippen LogP contribution is -2.60. The Kier molecular flexibility index (Phi) is 8.57. The molecule has 1 aromatic carbocycles. The van der Waals surface area contributed by atoms with Crippen LogP contribution in [0.15, 0.2) is 24.3 Å². The molecule has 0 aliphatic carbocycles. The van der Waals surface area contributed by atoms with E-state index in [-0.39, 0.29) is 41.6 Å². The van der Waals surface area contributed by atoms with Crippen molar-refractivity contribution in [3.8, 4) is 0 Å². The number of H-pyrrole nitrogens is 1. The van der Waals surface area contributed by atoms with Gasteiger partial charge >= 0.3 is 0 Å². The maximum absolute atomic E-state index is 13.6. The van der Waals surface area contributed by atoms with Crippen molar-refractivity contribution in [2.24, 2.45) is 23.7 Å². The number of amides is 3. The molecule has 0 radical (unpaired) electrons. The minimum Gasteiger partial charge on any atom is -0.353 e. The number of carbonyl (C=O) groups is 3. The standard InChI is InChI=1S/C31H45N5O3/c1-20(2)24-12-11-21(3)15-31(39)36-18-22-16-23(27(36)9-6-10-29(37)34-24)19-35(17-22)30(38)14-13-28-32-25-7-4-5-8-26(25)33-28/h4-5,7-8,20-24,27H,6,9-19H2,1-3H3,(H,32,33)(H,34,37)/t21-,22+,23-,24+,27+/m1/s1. The number of para-hydroxylation sites is 2. The molecule has 5 atom stereocenters. The first-order valence-electron chi connectivity index (χ1n) is 15.1. The van der Waals surface area contributed by atoms with Gasteiger partial charge in [0.25, 0.3) is 0 Å². The van der Waals surface area contributed by atoms with E-state index in [0.717, 1.165) is 62.1 Å². The van der Waals surface area contributed by atoms with Crippen LogP contribution in [0.4, 0.5) is 0 Å². The summed E-state index contributed by atoms with van der Waals surface area (Å²) in [5.74, 6) is 2.65. The molecule has 5 rings (SSSR count). The largest absolute Gasteiger partial charge is 0.353 e. The van der Waals surface area contributed by atoms with Gasteiger partial charge in [-0.25, -0.2) is 4.98 Å².